The first-order valence-corrected chi connectivity index (χ1v) is 10.3. The van der Waals surface area contributed by atoms with Gasteiger partial charge in [-0.2, -0.15) is 0 Å². The van der Waals surface area contributed by atoms with Gasteiger partial charge in [0.1, 0.15) is 5.82 Å². The molecule has 0 aromatic carbocycles. The molecule has 4 rings (SSSR count). The predicted molar refractivity (Wildman–Crippen MR) is 99.3 cm³/mol. The van der Waals surface area contributed by atoms with Crippen molar-refractivity contribution in [3.05, 3.63) is 42.9 Å². The van der Waals surface area contributed by atoms with Crippen molar-refractivity contribution in [2.24, 2.45) is 0 Å². The maximum Gasteiger partial charge on any atom is 0.211 e. The normalized spacial score (nSPS) is 18.9. The molecule has 1 aliphatic heterocycles. The van der Waals surface area contributed by atoms with Crippen molar-refractivity contribution >= 4 is 21.5 Å². The summed E-state index contributed by atoms with van der Waals surface area (Å²) in [7, 11) is -3.17. The second kappa shape index (κ2) is 6.65. The average Bonchev–Trinajstić information content (AvgIpc) is 3.05. The van der Waals surface area contributed by atoms with Gasteiger partial charge in [-0.15, -0.1) is 5.10 Å². The minimum atomic E-state index is -3.17. The van der Waals surface area contributed by atoms with E-state index < -0.39 is 10.0 Å². The SMILES string of the molecule is CS(=O)(=O)N1CCCC(Nc2ccc3ncc(-c4ccncc4)n3n2)C1. The van der Waals surface area contributed by atoms with Crippen LogP contribution in [0, 0.1) is 0 Å². The number of anilines is 1. The Labute approximate surface area is 151 Å². The fraction of sp³-hybridized carbons (Fsp3) is 0.353. The summed E-state index contributed by atoms with van der Waals surface area (Å²) in [5.74, 6) is 0.700. The van der Waals surface area contributed by atoms with E-state index in [0.717, 1.165) is 29.7 Å². The monoisotopic (exact) mass is 372 g/mol. The Morgan fingerprint density at radius 2 is 2.00 bits per heavy atom. The molecule has 1 saturated heterocycles. The quantitative estimate of drug-likeness (QED) is 0.748. The second-order valence-electron chi connectivity index (χ2n) is 6.47. The van der Waals surface area contributed by atoms with Gasteiger partial charge >= 0.3 is 0 Å². The van der Waals surface area contributed by atoms with Gasteiger partial charge in [-0.3, -0.25) is 4.98 Å². The summed E-state index contributed by atoms with van der Waals surface area (Å²) in [6, 6.07) is 7.64. The summed E-state index contributed by atoms with van der Waals surface area (Å²) >= 11 is 0. The summed E-state index contributed by atoms with van der Waals surface area (Å²) in [6.07, 6.45) is 8.25. The number of piperidine rings is 1. The van der Waals surface area contributed by atoms with Gasteiger partial charge in [0.05, 0.1) is 18.1 Å². The third-order valence-electron chi connectivity index (χ3n) is 4.54. The summed E-state index contributed by atoms with van der Waals surface area (Å²) in [5, 5.41) is 8.01. The number of hydrogen-bond acceptors (Lipinski definition) is 6. The van der Waals surface area contributed by atoms with Crippen LogP contribution in [0.5, 0.6) is 0 Å². The highest BCUT2D eigenvalue weighted by Gasteiger charge is 2.26. The lowest BCUT2D eigenvalue weighted by atomic mass is 10.1. The number of hydrogen-bond donors (Lipinski definition) is 1. The molecule has 0 amide bonds. The van der Waals surface area contributed by atoms with Crippen LogP contribution >= 0.6 is 0 Å². The number of fused-ring (bicyclic) bond motifs is 1. The molecule has 1 atom stereocenters. The molecule has 0 aliphatic carbocycles. The fourth-order valence-electron chi connectivity index (χ4n) is 3.24. The van der Waals surface area contributed by atoms with Crippen molar-refractivity contribution in [2.45, 2.75) is 18.9 Å². The minimum absolute atomic E-state index is 0.0383. The van der Waals surface area contributed by atoms with E-state index in [4.69, 9.17) is 0 Å². The van der Waals surface area contributed by atoms with Crippen LogP contribution in [0.2, 0.25) is 0 Å². The number of aromatic nitrogens is 4. The van der Waals surface area contributed by atoms with Gasteiger partial charge in [0, 0.05) is 37.1 Å². The first-order valence-electron chi connectivity index (χ1n) is 8.47. The molecule has 0 radical (unpaired) electrons. The fourth-order valence-corrected chi connectivity index (χ4v) is 4.15. The second-order valence-corrected chi connectivity index (χ2v) is 8.45. The Bertz CT molecular complexity index is 1020. The first kappa shape index (κ1) is 16.9. The van der Waals surface area contributed by atoms with Crippen molar-refractivity contribution in [3.8, 4) is 11.3 Å². The molecule has 1 aliphatic rings. The molecule has 1 unspecified atom stereocenters. The Kier molecular flexibility index (Phi) is 4.33. The minimum Gasteiger partial charge on any atom is -0.365 e. The maximum absolute atomic E-state index is 11.8. The van der Waals surface area contributed by atoms with Crippen LogP contribution in [-0.4, -0.2) is 57.7 Å². The molecule has 9 heteroatoms. The molecule has 26 heavy (non-hydrogen) atoms. The van der Waals surface area contributed by atoms with Crippen molar-refractivity contribution in [3.63, 3.8) is 0 Å². The number of nitrogens with zero attached hydrogens (tertiary/aromatic N) is 5. The summed E-state index contributed by atoms with van der Waals surface area (Å²) < 4.78 is 26.9. The van der Waals surface area contributed by atoms with Crippen molar-refractivity contribution in [2.75, 3.05) is 24.7 Å². The standard InChI is InChI=1S/C17H20N6O2S/c1-26(24,25)22-10-2-3-14(12-22)20-16-4-5-17-19-11-15(23(17)21-16)13-6-8-18-9-7-13/h4-9,11,14H,2-3,10,12H2,1H3,(H,20,21). The van der Waals surface area contributed by atoms with E-state index >= 15 is 0 Å². The van der Waals surface area contributed by atoms with Crippen LogP contribution in [0.15, 0.2) is 42.9 Å². The molecule has 8 nitrogen and oxygen atoms in total. The zero-order chi connectivity index (χ0) is 18.1. The molecular weight excluding hydrogens is 352 g/mol. The highest BCUT2D eigenvalue weighted by Crippen LogP contribution is 2.21. The van der Waals surface area contributed by atoms with Gasteiger partial charge in [-0.25, -0.2) is 22.2 Å². The van der Waals surface area contributed by atoms with Crippen LogP contribution < -0.4 is 5.32 Å². The lowest BCUT2D eigenvalue weighted by Crippen LogP contribution is -2.44. The molecule has 4 heterocycles. The lowest BCUT2D eigenvalue weighted by molar-refractivity contribution is 0.328. The Balaban J connectivity index is 1.60. The zero-order valence-corrected chi connectivity index (χ0v) is 15.2. The number of sulfonamides is 1. The Hall–Kier alpha value is -2.52. The topological polar surface area (TPSA) is 92.5 Å². The molecular formula is C17H20N6O2S. The highest BCUT2D eigenvalue weighted by atomic mass is 32.2. The van der Waals surface area contributed by atoms with Crippen molar-refractivity contribution < 1.29 is 8.42 Å². The molecule has 1 N–H and O–H groups in total. The Morgan fingerprint density at radius 1 is 1.19 bits per heavy atom. The van der Waals surface area contributed by atoms with Crippen LogP contribution in [0.3, 0.4) is 0 Å². The first-order chi connectivity index (χ1) is 12.5. The Morgan fingerprint density at radius 3 is 2.77 bits per heavy atom. The molecule has 136 valence electrons. The zero-order valence-electron chi connectivity index (χ0n) is 14.4. The number of pyridine rings is 1. The van der Waals surface area contributed by atoms with E-state index in [0.29, 0.717) is 18.9 Å². The van der Waals surface area contributed by atoms with Gasteiger partial charge in [0.2, 0.25) is 10.0 Å². The predicted octanol–water partition coefficient (Wildman–Crippen LogP) is 1.63. The molecule has 0 saturated carbocycles. The van der Waals surface area contributed by atoms with Crippen LogP contribution in [-0.2, 0) is 10.0 Å². The van der Waals surface area contributed by atoms with Gasteiger partial charge in [-0.05, 0) is 37.1 Å². The largest absolute Gasteiger partial charge is 0.365 e. The van der Waals surface area contributed by atoms with E-state index in [1.165, 1.54) is 10.6 Å². The molecule has 3 aromatic rings. The van der Waals surface area contributed by atoms with Gasteiger partial charge < -0.3 is 5.32 Å². The average molecular weight is 372 g/mol. The smallest absolute Gasteiger partial charge is 0.211 e. The summed E-state index contributed by atoms with van der Waals surface area (Å²) in [4.78, 5) is 8.43. The van der Waals surface area contributed by atoms with Gasteiger partial charge in [-0.1, -0.05) is 0 Å². The van der Waals surface area contributed by atoms with Crippen LogP contribution in [0.4, 0.5) is 5.82 Å². The van der Waals surface area contributed by atoms with Crippen molar-refractivity contribution in [1.29, 1.82) is 0 Å². The summed E-state index contributed by atoms with van der Waals surface area (Å²) in [6.45, 7) is 1.04. The van der Waals surface area contributed by atoms with E-state index in [1.54, 1.807) is 23.1 Å². The van der Waals surface area contributed by atoms with E-state index in [2.05, 4.69) is 20.4 Å². The molecule has 0 spiro atoms. The van der Waals surface area contributed by atoms with Crippen molar-refractivity contribution in [1.82, 2.24) is 23.9 Å². The maximum atomic E-state index is 11.8. The highest BCUT2D eigenvalue weighted by molar-refractivity contribution is 7.88. The molecule has 0 bridgehead atoms. The lowest BCUT2D eigenvalue weighted by Gasteiger charge is -2.31. The number of nitrogens with one attached hydrogen (secondary N) is 1. The van der Waals surface area contributed by atoms with Crippen LogP contribution in [0.25, 0.3) is 16.9 Å². The summed E-state index contributed by atoms with van der Waals surface area (Å²) in [5.41, 5.74) is 2.62. The van der Waals surface area contributed by atoms with E-state index in [9.17, 15) is 8.42 Å². The molecule has 1 fully saturated rings. The third kappa shape index (κ3) is 3.40. The van der Waals surface area contributed by atoms with Gasteiger partial charge in [0.25, 0.3) is 0 Å². The van der Waals surface area contributed by atoms with Gasteiger partial charge in [0.15, 0.2) is 5.65 Å². The molecule has 3 aromatic heterocycles. The van der Waals surface area contributed by atoms with Crippen LogP contribution in [0.1, 0.15) is 12.8 Å². The third-order valence-corrected chi connectivity index (χ3v) is 5.81. The number of rotatable bonds is 4. The van der Waals surface area contributed by atoms with E-state index in [1.807, 2.05) is 24.3 Å². The van der Waals surface area contributed by atoms with E-state index in [-0.39, 0.29) is 6.04 Å². The number of imidazole rings is 1.